The average Bonchev–Trinajstić information content (AvgIpc) is 2.80. The lowest BCUT2D eigenvalue weighted by atomic mass is 9.89. The van der Waals surface area contributed by atoms with Gasteiger partial charge in [0.25, 0.3) is 0 Å². The maximum atomic E-state index is 9.18. The molecular weight excluding hydrogens is 440 g/mol. The molecule has 4 heterocycles. The lowest BCUT2D eigenvalue weighted by molar-refractivity contribution is -0.0534. The minimum absolute atomic E-state index is 0.0324. The Hall–Kier alpha value is -0.240. The topological polar surface area (TPSA) is 54.4 Å². The van der Waals surface area contributed by atoms with Crippen LogP contribution in [0, 0.1) is 23.7 Å². The number of aliphatic hydroxyl groups is 1. The molecule has 0 spiro atoms. The number of hydrogen-bond acceptors (Lipinski definition) is 6. The van der Waals surface area contributed by atoms with Gasteiger partial charge in [0.2, 0.25) is 0 Å². The maximum Gasteiger partial charge on any atom is 0.0594 e. The lowest BCUT2D eigenvalue weighted by Gasteiger charge is -2.32. The first kappa shape index (κ1) is 32.8. The van der Waals surface area contributed by atoms with Crippen LogP contribution in [0.4, 0.5) is 0 Å². The Morgan fingerprint density at radius 2 is 0.971 bits per heavy atom. The van der Waals surface area contributed by atoms with E-state index in [0.717, 1.165) is 102 Å². The summed E-state index contributed by atoms with van der Waals surface area (Å²) in [5, 5.41) is 9.18. The van der Waals surface area contributed by atoms with Gasteiger partial charge in [0.1, 0.15) is 0 Å². The summed E-state index contributed by atoms with van der Waals surface area (Å²) in [7, 11) is 0. The first-order chi connectivity index (χ1) is 16.6. The smallest absolute Gasteiger partial charge is 0.0594 e. The Balaban J connectivity index is 0.000000235. The largest absolute Gasteiger partial charge is 0.393 e. The van der Waals surface area contributed by atoms with E-state index in [1.807, 2.05) is 0 Å². The van der Waals surface area contributed by atoms with Crippen molar-refractivity contribution in [3.05, 3.63) is 0 Å². The third-order valence-electron chi connectivity index (χ3n) is 7.82. The molecule has 6 nitrogen and oxygen atoms in total. The Labute approximate surface area is 218 Å². The van der Waals surface area contributed by atoms with Crippen LogP contribution in [0.25, 0.3) is 0 Å². The Morgan fingerprint density at radius 3 is 1.26 bits per heavy atom. The van der Waals surface area contributed by atoms with Crippen LogP contribution in [0.5, 0.6) is 0 Å². The van der Waals surface area contributed by atoms with E-state index < -0.39 is 0 Å². The normalized spacial score (nSPS) is 23.2. The van der Waals surface area contributed by atoms with E-state index in [9.17, 15) is 5.11 Å². The van der Waals surface area contributed by atoms with Crippen molar-refractivity contribution in [1.82, 2.24) is 9.80 Å². The number of likely N-dealkylation sites (tertiary alicyclic amines) is 1. The molecule has 0 bridgehead atoms. The van der Waals surface area contributed by atoms with Crippen molar-refractivity contribution in [2.24, 2.45) is 23.7 Å². The molecule has 0 saturated carbocycles. The van der Waals surface area contributed by atoms with Gasteiger partial charge in [-0.25, -0.2) is 0 Å². The van der Waals surface area contributed by atoms with E-state index in [1.165, 1.54) is 12.8 Å². The second-order valence-corrected chi connectivity index (χ2v) is 11.8. The van der Waals surface area contributed by atoms with Crippen molar-refractivity contribution >= 4 is 0 Å². The average molecular weight is 501 g/mol. The van der Waals surface area contributed by atoms with Gasteiger partial charge in [0, 0.05) is 57.4 Å². The van der Waals surface area contributed by atoms with Gasteiger partial charge in [-0.15, -0.1) is 0 Å². The molecule has 4 saturated heterocycles. The van der Waals surface area contributed by atoms with Gasteiger partial charge in [-0.3, -0.25) is 4.90 Å². The molecule has 210 valence electrons. The lowest BCUT2D eigenvalue weighted by Crippen LogP contribution is -2.40. The number of rotatable bonds is 4. The van der Waals surface area contributed by atoms with E-state index in [1.54, 1.807) is 0 Å². The maximum absolute atomic E-state index is 9.18. The van der Waals surface area contributed by atoms with Crippen LogP contribution in [-0.4, -0.2) is 98.9 Å². The third kappa shape index (κ3) is 14.9. The highest BCUT2D eigenvalue weighted by atomic mass is 16.5. The summed E-state index contributed by atoms with van der Waals surface area (Å²) in [5.74, 6) is 3.47. The summed E-state index contributed by atoms with van der Waals surface area (Å²) in [6.45, 7) is 28.1. The molecule has 0 amide bonds. The first-order valence-electron chi connectivity index (χ1n) is 14.5. The molecular formula is C29H60N2O4. The fraction of sp³-hybridized carbons (Fsp3) is 1.00. The van der Waals surface area contributed by atoms with Crippen LogP contribution in [0.3, 0.4) is 0 Å². The fourth-order valence-corrected chi connectivity index (χ4v) is 4.52. The first-order valence-corrected chi connectivity index (χ1v) is 14.5. The standard InChI is InChI=1S/C8H17NO.C8H16O.C7H15NO.C6H12O/c1-7(2)9-5-3-8(10)4-6-9;2*1-7(2)8-3-5-9-6-4-8;1-5(2)6-3-7-4-6/h7-8,10H,3-6H2,1-2H3;7-8H,3-6H2,1-2H3;7H,3-6H2,1-2H3;5-6H,3-4H2,1-2H3. The molecule has 0 unspecified atom stereocenters. The van der Waals surface area contributed by atoms with Gasteiger partial charge in [0.05, 0.1) is 32.5 Å². The summed E-state index contributed by atoms with van der Waals surface area (Å²) in [6.07, 6.45) is 4.43. The number of aliphatic hydroxyl groups excluding tert-OH is 1. The summed E-state index contributed by atoms with van der Waals surface area (Å²) >= 11 is 0. The van der Waals surface area contributed by atoms with Gasteiger partial charge in [0.15, 0.2) is 0 Å². The summed E-state index contributed by atoms with van der Waals surface area (Å²) < 4.78 is 15.5. The van der Waals surface area contributed by atoms with Gasteiger partial charge in [-0.2, -0.15) is 0 Å². The molecule has 4 rings (SSSR count). The van der Waals surface area contributed by atoms with Crippen molar-refractivity contribution < 1.29 is 19.3 Å². The number of ether oxygens (including phenoxy) is 3. The fourth-order valence-electron chi connectivity index (χ4n) is 4.52. The minimum Gasteiger partial charge on any atom is -0.393 e. The zero-order valence-corrected chi connectivity index (χ0v) is 24.5. The van der Waals surface area contributed by atoms with Crippen LogP contribution in [-0.2, 0) is 14.2 Å². The van der Waals surface area contributed by atoms with E-state index >= 15 is 0 Å². The highest BCUT2D eigenvalue weighted by molar-refractivity contribution is 4.73. The second kappa shape index (κ2) is 18.9. The van der Waals surface area contributed by atoms with Crippen molar-refractivity contribution in [3.63, 3.8) is 0 Å². The number of piperidine rings is 1. The predicted molar refractivity (Wildman–Crippen MR) is 147 cm³/mol. The minimum atomic E-state index is -0.0324. The molecule has 4 aliphatic rings. The molecule has 6 heteroatoms. The third-order valence-corrected chi connectivity index (χ3v) is 7.82. The molecule has 0 radical (unpaired) electrons. The van der Waals surface area contributed by atoms with Gasteiger partial charge >= 0.3 is 0 Å². The predicted octanol–water partition coefficient (Wildman–Crippen LogP) is 4.94. The van der Waals surface area contributed by atoms with E-state index in [-0.39, 0.29) is 6.10 Å². The molecule has 0 aromatic heterocycles. The number of hydrogen-bond donors (Lipinski definition) is 1. The summed E-state index contributed by atoms with van der Waals surface area (Å²) in [6, 6.07) is 1.33. The molecule has 4 fully saturated rings. The Morgan fingerprint density at radius 1 is 0.543 bits per heavy atom. The molecule has 0 aliphatic carbocycles. The quantitative estimate of drug-likeness (QED) is 0.590. The molecule has 4 aliphatic heterocycles. The van der Waals surface area contributed by atoms with E-state index in [4.69, 9.17) is 14.2 Å². The monoisotopic (exact) mass is 500 g/mol. The highest BCUT2D eigenvalue weighted by Gasteiger charge is 2.21. The van der Waals surface area contributed by atoms with Gasteiger partial charge in [-0.05, 0) is 71.1 Å². The second-order valence-electron chi connectivity index (χ2n) is 11.8. The van der Waals surface area contributed by atoms with Crippen molar-refractivity contribution in [3.8, 4) is 0 Å². The highest BCUT2D eigenvalue weighted by Crippen LogP contribution is 2.22. The number of nitrogens with zero attached hydrogens (tertiary/aromatic N) is 2. The Bertz CT molecular complexity index is 455. The summed E-state index contributed by atoms with van der Waals surface area (Å²) in [5.41, 5.74) is 0. The SMILES string of the molecule is CC(C)C1CCOCC1.CC(C)C1COC1.CC(C)N1CCC(O)CC1.CC(C)N1CCOCC1. The molecule has 1 N–H and O–H groups in total. The molecule has 35 heavy (non-hydrogen) atoms. The summed E-state index contributed by atoms with van der Waals surface area (Å²) in [4.78, 5) is 4.84. The zero-order valence-electron chi connectivity index (χ0n) is 24.5. The van der Waals surface area contributed by atoms with Crippen LogP contribution in [0.15, 0.2) is 0 Å². The Kier molecular flexibility index (Phi) is 17.7. The van der Waals surface area contributed by atoms with E-state index in [0.29, 0.717) is 12.1 Å². The van der Waals surface area contributed by atoms with Gasteiger partial charge < -0.3 is 24.2 Å². The molecule has 0 atom stereocenters. The van der Waals surface area contributed by atoms with Crippen LogP contribution in [0.1, 0.15) is 81.1 Å². The van der Waals surface area contributed by atoms with Crippen LogP contribution < -0.4 is 0 Å². The number of morpholine rings is 1. The van der Waals surface area contributed by atoms with Crippen molar-refractivity contribution in [1.29, 1.82) is 0 Å². The molecule has 0 aromatic carbocycles. The van der Waals surface area contributed by atoms with Crippen molar-refractivity contribution in [2.75, 3.05) is 65.8 Å². The van der Waals surface area contributed by atoms with E-state index in [2.05, 4.69) is 65.2 Å². The molecule has 0 aromatic rings. The zero-order chi connectivity index (χ0) is 26.2. The van der Waals surface area contributed by atoms with Crippen molar-refractivity contribution in [2.45, 2.75) is 99.3 Å². The van der Waals surface area contributed by atoms with Crippen LogP contribution >= 0.6 is 0 Å². The van der Waals surface area contributed by atoms with Crippen LogP contribution in [0.2, 0.25) is 0 Å². The van der Waals surface area contributed by atoms with Gasteiger partial charge in [-0.1, -0.05) is 27.7 Å².